The van der Waals surface area contributed by atoms with Crippen LogP contribution >= 0.6 is 23.2 Å². The van der Waals surface area contributed by atoms with Crippen LogP contribution in [0.3, 0.4) is 0 Å². The van der Waals surface area contributed by atoms with E-state index in [1.165, 1.54) is 6.07 Å². The van der Waals surface area contributed by atoms with Crippen LogP contribution in [0.5, 0.6) is 0 Å². The topological polar surface area (TPSA) is 46.2 Å². The van der Waals surface area contributed by atoms with Crippen molar-refractivity contribution in [1.82, 2.24) is 0 Å². The lowest BCUT2D eigenvalue weighted by Gasteiger charge is -2.07. The summed E-state index contributed by atoms with van der Waals surface area (Å²) in [6.45, 7) is 0. The predicted molar refractivity (Wildman–Crippen MR) is 62.0 cm³/mol. The number of anilines is 1. The summed E-state index contributed by atoms with van der Waals surface area (Å²) < 4.78 is 25.6. The smallest absolute Gasteiger partial charge is 0.235 e. The number of sulfonamides is 1. The van der Waals surface area contributed by atoms with Crippen molar-refractivity contribution in [2.24, 2.45) is 0 Å². The van der Waals surface area contributed by atoms with Gasteiger partial charge in [-0.3, -0.25) is 4.72 Å². The first kappa shape index (κ1) is 11.0. The molecular weight excluding hydrogens is 257 g/mol. The van der Waals surface area contributed by atoms with E-state index in [1.807, 2.05) is 0 Å². The van der Waals surface area contributed by atoms with Gasteiger partial charge >= 0.3 is 0 Å². The van der Waals surface area contributed by atoms with Crippen molar-refractivity contribution in [1.29, 1.82) is 0 Å². The first-order chi connectivity index (χ1) is 6.99. The zero-order valence-electron chi connectivity index (χ0n) is 7.70. The molecule has 1 aliphatic carbocycles. The summed E-state index contributed by atoms with van der Waals surface area (Å²) in [6, 6.07) is 4.66. The highest BCUT2D eigenvalue weighted by Gasteiger charge is 2.35. The van der Waals surface area contributed by atoms with Gasteiger partial charge in [-0.25, -0.2) is 8.42 Å². The minimum Gasteiger partial charge on any atom is -0.283 e. The highest BCUT2D eigenvalue weighted by atomic mass is 35.5. The first-order valence-corrected chi connectivity index (χ1v) is 6.76. The number of rotatable bonds is 3. The standard InChI is InChI=1S/C9H9Cl2NO2S/c10-8-4-1-6(5-9(8)11)12-15(13,14)7-2-3-7/h1,4-5,7,12H,2-3H2. The van der Waals surface area contributed by atoms with Crippen LogP contribution < -0.4 is 4.72 Å². The molecule has 0 saturated heterocycles. The summed E-state index contributed by atoms with van der Waals surface area (Å²) in [4.78, 5) is 0. The molecule has 15 heavy (non-hydrogen) atoms. The lowest BCUT2D eigenvalue weighted by molar-refractivity contribution is 0.600. The summed E-state index contributed by atoms with van der Waals surface area (Å²) in [5.74, 6) is 0. The Morgan fingerprint density at radius 2 is 1.87 bits per heavy atom. The van der Waals surface area contributed by atoms with E-state index in [2.05, 4.69) is 4.72 Å². The fourth-order valence-electron chi connectivity index (χ4n) is 1.19. The average Bonchev–Trinajstić information content (AvgIpc) is 2.93. The Balaban J connectivity index is 2.21. The zero-order chi connectivity index (χ0) is 11.1. The second-order valence-electron chi connectivity index (χ2n) is 3.48. The summed E-state index contributed by atoms with van der Waals surface area (Å²) >= 11 is 11.5. The minimum atomic E-state index is -3.22. The lowest BCUT2D eigenvalue weighted by atomic mass is 10.3. The van der Waals surface area contributed by atoms with E-state index < -0.39 is 10.0 Å². The molecule has 0 spiro atoms. The van der Waals surface area contributed by atoms with Crippen molar-refractivity contribution >= 4 is 38.9 Å². The second-order valence-corrected chi connectivity index (χ2v) is 6.25. The normalized spacial score (nSPS) is 16.4. The third-order valence-corrected chi connectivity index (χ3v) is 4.75. The molecule has 82 valence electrons. The molecule has 3 nitrogen and oxygen atoms in total. The van der Waals surface area contributed by atoms with Gasteiger partial charge in [-0.1, -0.05) is 23.2 Å². The molecule has 1 aromatic rings. The Bertz CT molecular complexity index is 483. The predicted octanol–water partition coefficient (Wildman–Crippen LogP) is 2.90. The van der Waals surface area contributed by atoms with Crippen molar-refractivity contribution in [2.75, 3.05) is 4.72 Å². The summed E-state index contributed by atoms with van der Waals surface area (Å²) in [5.41, 5.74) is 0.455. The first-order valence-electron chi connectivity index (χ1n) is 4.46. The molecule has 0 heterocycles. The molecule has 1 fully saturated rings. The quantitative estimate of drug-likeness (QED) is 0.914. The highest BCUT2D eigenvalue weighted by Crippen LogP contribution is 2.31. The SMILES string of the molecule is O=S(=O)(Nc1ccc(Cl)c(Cl)c1)C1CC1. The van der Waals surface area contributed by atoms with Crippen LogP contribution in [0.15, 0.2) is 18.2 Å². The van der Waals surface area contributed by atoms with Gasteiger partial charge in [0.2, 0.25) is 10.0 Å². The number of halogens is 2. The lowest BCUT2D eigenvalue weighted by Crippen LogP contribution is -2.17. The monoisotopic (exact) mass is 265 g/mol. The van der Waals surface area contributed by atoms with E-state index in [0.29, 0.717) is 15.7 Å². The third kappa shape index (κ3) is 2.56. The van der Waals surface area contributed by atoms with Crippen molar-refractivity contribution in [3.8, 4) is 0 Å². The van der Waals surface area contributed by atoms with Crippen LogP contribution in [0.1, 0.15) is 12.8 Å². The molecule has 1 aliphatic rings. The van der Waals surface area contributed by atoms with Gasteiger partial charge in [0.05, 0.1) is 21.0 Å². The number of benzene rings is 1. The molecule has 0 unspecified atom stereocenters. The molecule has 0 aliphatic heterocycles. The Kier molecular flexibility index (Phi) is 2.83. The largest absolute Gasteiger partial charge is 0.283 e. The molecule has 1 N–H and O–H groups in total. The highest BCUT2D eigenvalue weighted by molar-refractivity contribution is 7.93. The molecule has 0 amide bonds. The Hall–Kier alpha value is -0.450. The summed E-state index contributed by atoms with van der Waals surface area (Å²) in [7, 11) is -3.22. The van der Waals surface area contributed by atoms with E-state index in [-0.39, 0.29) is 5.25 Å². The summed E-state index contributed by atoms with van der Waals surface area (Å²) in [6.07, 6.45) is 1.47. The fraction of sp³-hybridized carbons (Fsp3) is 0.333. The molecule has 0 radical (unpaired) electrons. The maximum absolute atomic E-state index is 11.6. The molecule has 0 aromatic heterocycles. The maximum Gasteiger partial charge on any atom is 0.235 e. The van der Waals surface area contributed by atoms with Gasteiger partial charge in [0.25, 0.3) is 0 Å². The van der Waals surface area contributed by atoms with Crippen molar-refractivity contribution in [2.45, 2.75) is 18.1 Å². The van der Waals surface area contributed by atoms with Crippen molar-refractivity contribution in [3.63, 3.8) is 0 Å². The number of hydrogen-bond acceptors (Lipinski definition) is 2. The van der Waals surface area contributed by atoms with Crippen LogP contribution in [0.2, 0.25) is 10.0 Å². The van der Waals surface area contributed by atoms with Gasteiger partial charge in [-0.15, -0.1) is 0 Å². The molecular formula is C9H9Cl2NO2S. The van der Waals surface area contributed by atoms with Gasteiger partial charge in [-0.2, -0.15) is 0 Å². The maximum atomic E-state index is 11.6. The molecule has 1 aromatic carbocycles. The van der Waals surface area contributed by atoms with E-state index in [9.17, 15) is 8.42 Å². The molecule has 0 atom stereocenters. The van der Waals surface area contributed by atoms with E-state index in [4.69, 9.17) is 23.2 Å². The Morgan fingerprint density at radius 1 is 1.20 bits per heavy atom. The van der Waals surface area contributed by atoms with Crippen LogP contribution in [-0.2, 0) is 10.0 Å². The van der Waals surface area contributed by atoms with Crippen LogP contribution in [0.25, 0.3) is 0 Å². The van der Waals surface area contributed by atoms with E-state index >= 15 is 0 Å². The Morgan fingerprint density at radius 3 is 2.40 bits per heavy atom. The number of nitrogens with one attached hydrogen (secondary N) is 1. The fourth-order valence-corrected chi connectivity index (χ4v) is 2.86. The summed E-state index contributed by atoms with van der Waals surface area (Å²) in [5, 5.41) is 0.505. The van der Waals surface area contributed by atoms with Gasteiger partial charge in [0.1, 0.15) is 0 Å². The molecule has 2 rings (SSSR count). The molecule has 6 heteroatoms. The van der Waals surface area contributed by atoms with E-state index in [1.54, 1.807) is 12.1 Å². The number of hydrogen-bond donors (Lipinski definition) is 1. The van der Waals surface area contributed by atoms with E-state index in [0.717, 1.165) is 12.8 Å². The van der Waals surface area contributed by atoms with Crippen LogP contribution in [0, 0.1) is 0 Å². The zero-order valence-corrected chi connectivity index (χ0v) is 10.0. The molecule has 0 bridgehead atoms. The van der Waals surface area contributed by atoms with Gasteiger partial charge in [0, 0.05) is 0 Å². The van der Waals surface area contributed by atoms with Gasteiger partial charge in [0.15, 0.2) is 0 Å². The van der Waals surface area contributed by atoms with Gasteiger partial charge in [-0.05, 0) is 31.0 Å². The van der Waals surface area contributed by atoms with Crippen LogP contribution in [0.4, 0.5) is 5.69 Å². The average molecular weight is 266 g/mol. The Labute approximate surface area is 98.4 Å². The van der Waals surface area contributed by atoms with Gasteiger partial charge < -0.3 is 0 Å². The van der Waals surface area contributed by atoms with Crippen molar-refractivity contribution in [3.05, 3.63) is 28.2 Å². The van der Waals surface area contributed by atoms with Crippen LogP contribution in [-0.4, -0.2) is 13.7 Å². The second kappa shape index (κ2) is 3.85. The third-order valence-electron chi connectivity index (χ3n) is 2.14. The minimum absolute atomic E-state index is 0.244. The molecule has 1 saturated carbocycles. The van der Waals surface area contributed by atoms with Crippen molar-refractivity contribution < 1.29 is 8.42 Å².